The third kappa shape index (κ3) is 6.69. The Bertz CT molecular complexity index is 1680. The summed E-state index contributed by atoms with van der Waals surface area (Å²) in [6.07, 6.45) is 1.61. The van der Waals surface area contributed by atoms with Gasteiger partial charge in [0.25, 0.3) is 11.8 Å². The number of amides is 2. The molecule has 3 aliphatic rings. The lowest BCUT2D eigenvalue weighted by Gasteiger charge is -2.45. The van der Waals surface area contributed by atoms with Gasteiger partial charge < -0.3 is 29.9 Å². The van der Waals surface area contributed by atoms with Crippen molar-refractivity contribution in [1.29, 1.82) is 0 Å². The van der Waals surface area contributed by atoms with E-state index < -0.39 is 35.3 Å². The molecule has 0 atom stereocenters. The fourth-order valence-corrected chi connectivity index (χ4v) is 6.70. The molecule has 1 aliphatic carbocycles. The summed E-state index contributed by atoms with van der Waals surface area (Å²) in [4.78, 5) is 37.3. The number of alkyl halides is 3. The second-order valence-corrected chi connectivity index (χ2v) is 12.7. The Morgan fingerprint density at radius 3 is 2.47 bits per heavy atom. The van der Waals surface area contributed by atoms with E-state index in [1.165, 1.54) is 24.1 Å². The number of benzene rings is 2. The standard InChI is InChI=1S/C33H36F4N6O4/c1-42-13-11-32(12-14-42)9-7-20(8-10-32)39-28(44)21-15-26(46-3)24(16-23(21)34)40-31-38-17-22(33(35,36)37)29(41-31)47-25-6-4-5-19-18-43(2)30(45)27(19)25/h4-6,15-17,20H,7-14,18H2,1-3H3,(H,39,44)(H,38,40,41). The molecular weight excluding hydrogens is 620 g/mol. The van der Waals surface area contributed by atoms with Gasteiger partial charge in [-0.15, -0.1) is 0 Å². The molecule has 3 heterocycles. The molecule has 10 nitrogen and oxygen atoms in total. The highest BCUT2D eigenvalue weighted by Crippen LogP contribution is 2.45. The molecule has 1 spiro atoms. The summed E-state index contributed by atoms with van der Waals surface area (Å²) in [6, 6.07) is 6.80. The lowest BCUT2D eigenvalue weighted by Crippen LogP contribution is -2.45. The first-order valence-electron chi connectivity index (χ1n) is 15.5. The third-order valence-corrected chi connectivity index (χ3v) is 9.56. The van der Waals surface area contributed by atoms with Crippen LogP contribution >= 0.6 is 0 Å². The van der Waals surface area contributed by atoms with Gasteiger partial charge in [-0.05, 0) is 81.8 Å². The molecule has 2 fully saturated rings. The van der Waals surface area contributed by atoms with Gasteiger partial charge in [-0.2, -0.15) is 18.2 Å². The SMILES string of the molecule is COc1cc(C(=O)NC2CCC3(CC2)CCN(C)CC3)c(F)cc1Nc1ncc(C(F)(F)F)c(Oc2cccc3c2C(=O)N(C)C3)n1. The zero-order valence-electron chi connectivity index (χ0n) is 26.3. The number of methoxy groups -OCH3 is 1. The number of fused-ring (bicyclic) bond motifs is 1. The van der Waals surface area contributed by atoms with Gasteiger partial charge in [-0.3, -0.25) is 9.59 Å². The number of anilines is 2. The minimum Gasteiger partial charge on any atom is -0.495 e. The van der Waals surface area contributed by atoms with Crippen LogP contribution in [0.1, 0.15) is 70.4 Å². The van der Waals surface area contributed by atoms with Crippen LogP contribution in [0.2, 0.25) is 0 Å². The zero-order chi connectivity index (χ0) is 33.5. The highest BCUT2D eigenvalue weighted by molar-refractivity contribution is 6.01. The second-order valence-electron chi connectivity index (χ2n) is 12.7. The van der Waals surface area contributed by atoms with Crippen molar-refractivity contribution in [1.82, 2.24) is 25.1 Å². The smallest absolute Gasteiger partial charge is 0.423 e. The minimum absolute atomic E-state index is 0.0217. The molecule has 2 N–H and O–H groups in total. The molecule has 250 valence electrons. The number of aromatic nitrogens is 2. The number of halogens is 4. The number of hydrogen-bond donors (Lipinski definition) is 2. The van der Waals surface area contributed by atoms with E-state index in [0.717, 1.165) is 57.7 Å². The summed E-state index contributed by atoms with van der Waals surface area (Å²) in [5.74, 6) is -3.09. The number of carbonyl (C=O) groups is 2. The van der Waals surface area contributed by atoms with Crippen LogP contribution in [0.3, 0.4) is 0 Å². The summed E-state index contributed by atoms with van der Waals surface area (Å²) in [6.45, 7) is 2.43. The highest BCUT2D eigenvalue weighted by atomic mass is 19.4. The van der Waals surface area contributed by atoms with E-state index in [2.05, 4.69) is 32.5 Å². The van der Waals surface area contributed by atoms with Gasteiger partial charge in [0.05, 0.1) is 23.9 Å². The summed E-state index contributed by atoms with van der Waals surface area (Å²) < 4.78 is 68.1. The molecule has 14 heteroatoms. The number of hydrogen-bond acceptors (Lipinski definition) is 8. The highest BCUT2D eigenvalue weighted by Gasteiger charge is 2.39. The maximum atomic E-state index is 15.4. The van der Waals surface area contributed by atoms with Crippen LogP contribution in [0.15, 0.2) is 36.5 Å². The van der Waals surface area contributed by atoms with Gasteiger partial charge in [0, 0.05) is 31.9 Å². The van der Waals surface area contributed by atoms with Crippen LogP contribution in [0.4, 0.5) is 29.2 Å². The molecule has 0 bridgehead atoms. The van der Waals surface area contributed by atoms with Gasteiger partial charge in [0.15, 0.2) is 0 Å². The van der Waals surface area contributed by atoms with Gasteiger partial charge in [0.1, 0.15) is 22.9 Å². The van der Waals surface area contributed by atoms with E-state index in [0.29, 0.717) is 17.2 Å². The zero-order valence-corrected chi connectivity index (χ0v) is 26.3. The molecule has 2 aromatic carbocycles. The number of carbonyl (C=O) groups excluding carboxylic acids is 2. The first-order valence-corrected chi connectivity index (χ1v) is 15.5. The van der Waals surface area contributed by atoms with Crippen molar-refractivity contribution in [3.8, 4) is 17.4 Å². The maximum Gasteiger partial charge on any atom is 0.423 e. The van der Waals surface area contributed by atoms with Crippen molar-refractivity contribution < 1.29 is 36.6 Å². The Kier molecular flexibility index (Phi) is 8.72. The van der Waals surface area contributed by atoms with Crippen molar-refractivity contribution >= 4 is 23.5 Å². The molecule has 0 unspecified atom stereocenters. The van der Waals surface area contributed by atoms with Crippen LogP contribution in [0, 0.1) is 11.2 Å². The average Bonchev–Trinajstić information content (AvgIpc) is 3.33. The van der Waals surface area contributed by atoms with Crippen molar-refractivity contribution in [2.75, 3.05) is 39.6 Å². The summed E-state index contributed by atoms with van der Waals surface area (Å²) >= 11 is 0. The summed E-state index contributed by atoms with van der Waals surface area (Å²) in [7, 11) is 5.01. The third-order valence-electron chi connectivity index (χ3n) is 9.56. The second kappa shape index (κ2) is 12.6. The van der Waals surface area contributed by atoms with Gasteiger partial charge in [0.2, 0.25) is 11.8 Å². The summed E-state index contributed by atoms with van der Waals surface area (Å²) in [5, 5.41) is 5.64. The molecule has 1 saturated heterocycles. The van der Waals surface area contributed by atoms with E-state index in [-0.39, 0.29) is 46.8 Å². The Hall–Kier alpha value is -4.46. The maximum absolute atomic E-state index is 15.4. The van der Waals surface area contributed by atoms with Crippen LogP contribution in [-0.2, 0) is 12.7 Å². The van der Waals surface area contributed by atoms with E-state index >= 15 is 4.39 Å². The molecule has 3 aromatic rings. The normalized spacial score (nSPS) is 18.3. The van der Waals surface area contributed by atoms with E-state index in [9.17, 15) is 22.8 Å². The lowest BCUT2D eigenvalue weighted by atomic mass is 9.67. The quantitative estimate of drug-likeness (QED) is 0.292. The van der Waals surface area contributed by atoms with E-state index in [1.54, 1.807) is 19.2 Å². The monoisotopic (exact) mass is 656 g/mol. The Labute approximate surface area is 269 Å². The van der Waals surface area contributed by atoms with E-state index in [4.69, 9.17) is 9.47 Å². The molecule has 0 radical (unpaired) electrons. The molecule has 2 amide bonds. The number of nitrogens with zero attached hydrogens (tertiary/aromatic N) is 4. The topological polar surface area (TPSA) is 109 Å². The van der Waals surface area contributed by atoms with Crippen molar-refractivity contribution in [3.63, 3.8) is 0 Å². The molecular formula is C33H36F4N6O4. The first kappa shape index (κ1) is 32.5. The Morgan fingerprint density at radius 2 is 1.79 bits per heavy atom. The number of nitrogens with one attached hydrogen (secondary N) is 2. The van der Waals surface area contributed by atoms with Crippen molar-refractivity contribution in [3.05, 3.63) is 64.6 Å². The Balaban J connectivity index is 1.20. The Morgan fingerprint density at radius 1 is 1.06 bits per heavy atom. The molecule has 2 aliphatic heterocycles. The predicted molar refractivity (Wildman–Crippen MR) is 164 cm³/mol. The summed E-state index contributed by atoms with van der Waals surface area (Å²) in [5.41, 5.74) is -0.457. The fourth-order valence-electron chi connectivity index (χ4n) is 6.70. The molecule has 1 saturated carbocycles. The molecule has 47 heavy (non-hydrogen) atoms. The lowest BCUT2D eigenvalue weighted by molar-refractivity contribution is -0.139. The number of piperidine rings is 1. The fraction of sp³-hybridized carbons (Fsp3) is 0.455. The van der Waals surface area contributed by atoms with Crippen molar-refractivity contribution in [2.45, 2.75) is 57.3 Å². The van der Waals surface area contributed by atoms with Crippen LogP contribution in [0.25, 0.3) is 0 Å². The first-order chi connectivity index (χ1) is 22.4. The number of rotatable bonds is 7. The minimum atomic E-state index is -4.88. The van der Waals surface area contributed by atoms with Crippen LogP contribution in [0.5, 0.6) is 17.4 Å². The number of ether oxygens (including phenoxy) is 2. The average molecular weight is 657 g/mol. The van der Waals surface area contributed by atoms with Gasteiger partial charge in [-0.1, -0.05) is 12.1 Å². The largest absolute Gasteiger partial charge is 0.495 e. The predicted octanol–water partition coefficient (Wildman–Crippen LogP) is 6.15. The number of likely N-dealkylation sites (tertiary alicyclic amines) is 1. The van der Waals surface area contributed by atoms with Crippen molar-refractivity contribution in [2.24, 2.45) is 5.41 Å². The van der Waals surface area contributed by atoms with Gasteiger partial charge in [-0.25, -0.2) is 9.37 Å². The molecule has 1 aromatic heterocycles. The van der Waals surface area contributed by atoms with Gasteiger partial charge >= 0.3 is 6.18 Å². The van der Waals surface area contributed by atoms with Crippen LogP contribution < -0.4 is 20.1 Å². The van der Waals surface area contributed by atoms with Crippen LogP contribution in [-0.4, -0.2) is 71.9 Å². The molecule has 6 rings (SSSR count). The van der Waals surface area contributed by atoms with E-state index in [1.807, 2.05) is 0 Å².